The van der Waals surface area contributed by atoms with Crippen LogP contribution >= 0.6 is 11.6 Å². The minimum Gasteiger partial charge on any atom is -0.487 e. The van der Waals surface area contributed by atoms with Gasteiger partial charge in [-0.15, -0.1) is 0 Å². The molecule has 1 atom stereocenters. The molecule has 4 nitrogen and oxygen atoms in total. The van der Waals surface area contributed by atoms with E-state index in [1.54, 1.807) is 11.6 Å². The van der Waals surface area contributed by atoms with Gasteiger partial charge in [0.05, 0.1) is 22.5 Å². The number of nitrogens with zero attached hydrogens (tertiary/aromatic N) is 2. The van der Waals surface area contributed by atoms with Crippen molar-refractivity contribution in [3.05, 3.63) is 45.7 Å². The molecule has 0 fully saturated rings. The summed E-state index contributed by atoms with van der Waals surface area (Å²) >= 11 is 6.20. The summed E-state index contributed by atoms with van der Waals surface area (Å²) in [5.74, 6) is 0.676. The molecular weight excluding hydrogens is 276 g/mol. The number of aryl methyl sites for hydroxylation is 3. The van der Waals surface area contributed by atoms with E-state index < -0.39 is 6.10 Å². The smallest absolute Gasteiger partial charge is 0.131 e. The first-order chi connectivity index (χ1) is 9.40. The average molecular weight is 295 g/mol. The Morgan fingerprint density at radius 3 is 2.65 bits per heavy atom. The summed E-state index contributed by atoms with van der Waals surface area (Å²) in [5, 5.41) is 14.7. The van der Waals surface area contributed by atoms with Crippen LogP contribution in [0.5, 0.6) is 5.75 Å². The lowest BCUT2D eigenvalue weighted by molar-refractivity contribution is 0.189. The monoisotopic (exact) mass is 294 g/mol. The lowest BCUT2D eigenvalue weighted by atomic mass is 10.1. The molecule has 2 aromatic rings. The van der Waals surface area contributed by atoms with Crippen LogP contribution in [0.1, 0.15) is 35.5 Å². The quantitative estimate of drug-likeness (QED) is 0.941. The molecule has 1 N–H and O–H groups in total. The topological polar surface area (TPSA) is 47.3 Å². The molecule has 0 unspecified atom stereocenters. The van der Waals surface area contributed by atoms with E-state index in [9.17, 15) is 5.11 Å². The van der Waals surface area contributed by atoms with Gasteiger partial charge in [0.25, 0.3) is 0 Å². The Hall–Kier alpha value is -1.52. The number of ether oxygens (including phenoxy) is 1. The zero-order valence-electron chi connectivity index (χ0n) is 12.1. The molecule has 20 heavy (non-hydrogen) atoms. The van der Waals surface area contributed by atoms with Gasteiger partial charge in [-0.05, 0) is 32.4 Å². The van der Waals surface area contributed by atoms with E-state index in [0.717, 1.165) is 22.5 Å². The third kappa shape index (κ3) is 2.97. The van der Waals surface area contributed by atoms with Gasteiger partial charge in [0.15, 0.2) is 0 Å². The van der Waals surface area contributed by atoms with Crippen molar-refractivity contribution in [2.75, 3.05) is 0 Å². The van der Waals surface area contributed by atoms with Crippen LogP contribution in [-0.2, 0) is 13.7 Å². The van der Waals surface area contributed by atoms with Crippen LogP contribution < -0.4 is 4.74 Å². The molecule has 0 spiro atoms. The second-order valence-electron chi connectivity index (χ2n) is 4.98. The van der Waals surface area contributed by atoms with Crippen molar-refractivity contribution in [2.24, 2.45) is 7.05 Å². The fraction of sp³-hybridized carbons (Fsp3) is 0.400. The maximum absolute atomic E-state index is 9.78. The van der Waals surface area contributed by atoms with E-state index in [4.69, 9.17) is 16.3 Å². The number of rotatable bonds is 4. The van der Waals surface area contributed by atoms with Gasteiger partial charge in [-0.3, -0.25) is 4.68 Å². The fourth-order valence-corrected chi connectivity index (χ4v) is 2.31. The van der Waals surface area contributed by atoms with Crippen LogP contribution in [0.2, 0.25) is 5.02 Å². The predicted octanol–water partition coefficient (Wildman–Crippen LogP) is 3.32. The molecule has 0 aliphatic heterocycles. The second kappa shape index (κ2) is 5.85. The fourth-order valence-electron chi connectivity index (χ4n) is 2.09. The van der Waals surface area contributed by atoms with Crippen molar-refractivity contribution in [1.29, 1.82) is 0 Å². The highest BCUT2D eigenvalue weighted by molar-refractivity contribution is 6.31. The standard InChI is InChI=1S/C15H19ClN2O2/c1-9-5-6-12(11(3)19)14(7-9)20-8-13-15(16)10(2)17-18(13)4/h5-7,11,19H,8H2,1-4H3/t11-/m1/s1. The average Bonchev–Trinajstić information content (AvgIpc) is 2.61. The molecule has 0 amide bonds. The summed E-state index contributed by atoms with van der Waals surface area (Å²) in [4.78, 5) is 0. The molecule has 1 aromatic carbocycles. The highest BCUT2D eigenvalue weighted by Crippen LogP contribution is 2.28. The molecule has 1 aromatic heterocycles. The zero-order chi connectivity index (χ0) is 14.9. The molecule has 0 radical (unpaired) electrons. The first kappa shape index (κ1) is 14.9. The van der Waals surface area contributed by atoms with E-state index in [2.05, 4.69) is 5.10 Å². The molecule has 108 valence electrons. The Bertz CT molecular complexity index is 621. The lowest BCUT2D eigenvalue weighted by Crippen LogP contribution is -2.06. The Morgan fingerprint density at radius 1 is 1.40 bits per heavy atom. The number of benzene rings is 1. The zero-order valence-corrected chi connectivity index (χ0v) is 12.9. The summed E-state index contributed by atoms with van der Waals surface area (Å²) in [6.45, 7) is 5.89. The first-order valence-electron chi connectivity index (χ1n) is 6.49. The predicted molar refractivity (Wildman–Crippen MR) is 79.1 cm³/mol. The van der Waals surface area contributed by atoms with Gasteiger partial charge in [-0.25, -0.2) is 0 Å². The number of aliphatic hydroxyl groups is 1. The maximum atomic E-state index is 9.78. The van der Waals surface area contributed by atoms with Crippen molar-refractivity contribution in [3.63, 3.8) is 0 Å². The highest BCUT2D eigenvalue weighted by atomic mass is 35.5. The van der Waals surface area contributed by atoms with Gasteiger partial charge in [0.2, 0.25) is 0 Å². The third-order valence-corrected chi connectivity index (χ3v) is 3.74. The van der Waals surface area contributed by atoms with E-state index in [0.29, 0.717) is 17.4 Å². The van der Waals surface area contributed by atoms with Gasteiger partial charge in [0.1, 0.15) is 12.4 Å². The first-order valence-corrected chi connectivity index (χ1v) is 6.87. The van der Waals surface area contributed by atoms with Crippen molar-refractivity contribution in [2.45, 2.75) is 33.5 Å². The summed E-state index contributed by atoms with van der Waals surface area (Å²) in [5.41, 5.74) is 3.46. The minimum absolute atomic E-state index is 0.319. The molecule has 0 aliphatic carbocycles. The molecule has 1 heterocycles. The molecule has 0 aliphatic rings. The summed E-state index contributed by atoms with van der Waals surface area (Å²) in [6.07, 6.45) is -0.575. The summed E-state index contributed by atoms with van der Waals surface area (Å²) < 4.78 is 7.55. The van der Waals surface area contributed by atoms with Gasteiger partial charge >= 0.3 is 0 Å². The van der Waals surface area contributed by atoms with Gasteiger partial charge in [-0.1, -0.05) is 23.7 Å². The molecule has 5 heteroatoms. The number of hydrogen-bond acceptors (Lipinski definition) is 3. The van der Waals surface area contributed by atoms with E-state index in [1.165, 1.54) is 0 Å². The van der Waals surface area contributed by atoms with Crippen LogP contribution in [0, 0.1) is 13.8 Å². The maximum Gasteiger partial charge on any atom is 0.131 e. The van der Waals surface area contributed by atoms with Gasteiger partial charge in [-0.2, -0.15) is 5.10 Å². The Labute approximate surface area is 123 Å². The molecule has 2 rings (SSSR count). The van der Waals surface area contributed by atoms with E-state index in [1.807, 2.05) is 39.1 Å². The molecule has 0 saturated carbocycles. The Morgan fingerprint density at radius 2 is 2.10 bits per heavy atom. The molecule has 0 bridgehead atoms. The third-order valence-electron chi connectivity index (χ3n) is 3.25. The molecular formula is C15H19ClN2O2. The van der Waals surface area contributed by atoms with E-state index in [-0.39, 0.29) is 0 Å². The Balaban J connectivity index is 2.24. The minimum atomic E-state index is -0.575. The lowest BCUT2D eigenvalue weighted by Gasteiger charge is -2.14. The van der Waals surface area contributed by atoms with Crippen LogP contribution in [0.15, 0.2) is 18.2 Å². The largest absolute Gasteiger partial charge is 0.487 e. The highest BCUT2D eigenvalue weighted by Gasteiger charge is 2.14. The van der Waals surface area contributed by atoms with Crippen LogP contribution in [-0.4, -0.2) is 14.9 Å². The van der Waals surface area contributed by atoms with E-state index >= 15 is 0 Å². The Kier molecular flexibility index (Phi) is 4.35. The number of hydrogen-bond donors (Lipinski definition) is 1. The van der Waals surface area contributed by atoms with Crippen molar-refractivity contribution in [3.8, 4) is 5.75 Å². The SMILES string of the molecule is Cc1ccc([C@@H](C)O)c(OCc2c(Cl)c(C)nn2C)c1. The number of aromatic nitrogens is 2. The van der Waals surface area contributed by atoms with Crippen molar-refractivity contribution < 1.29 is 9.84 Å². The second-order valence-corrected chi connectivity index (χ2v) is 5.35. The summed E-state index contributed by atoms with van der Waals surface area (Å²) in [7, 11) is 1.84. The number of aliphatic hydroxyl groups excluding tert-OH is 1. The molecule has 0 saturated heterocycles. The normalized spacial score (nSPS) is 12.5. The van der Waals surface area contributed by atoms with Crippen molar-refractivity contribution >= 4 is 11.6 Å². The van der Waals surface area contributed by atoms with Crippen LogP contribution in [0.4, 0.5) is 0 Å². The van der Waals surface area contributed by atoms with Crippen LogP contribution in [0.25, 0.3) is 0 Å². The van der Waals surface area contributed by atoms with Crippen molar-refractivity contribution in [1.82, 2.24) is 9.78 Å². The van der Waals surface area contributed by atoms with Gasteiger partial charge < -0.3 is 9.84 Å². The van der Waals surface area contributed by atoms with Gasteiger partial charge in [0, 0.05) is 12.6 Å². The van der Waals surface area contributed by atoms with Crippen LogP contribution in [0.3, 0.4) is 0 Å². The number of halogens is 1. The summed E-state index contributed by atoms with van der Waals surface area (Å²) in [6, 6.07) is 5.75.